The van der Waals surface area contributed by atoms with Crippen LogP contribution in [0.5, 0.6) is 0 Å². The SMILES string of the molecule is Cc1cccc(C)c1NC(=O)[C@H](Cc1ccccc1)N1C(=O)[C@@H]2C3c4ccccc4C(c4ccccc43)[C@@H]2C1=O. The summed E-state index contributed by atoms with van der Waals surface area (Å²) in [4.78, 5) is 44.2. The topological polar surface area (TPSA) is 66.5 Å². The number of anilines is 1. The van der Waals surface area contributed by atoms with Gasteiger partial charge in [0.25, 0.3) is 0 Å². The van der Waals surface area contributed by atoms with E-state index in [1.54, 1.807) is 0 Å². The first-order chi connectivity index (χ1) is 19.5. The second-order valence-electron chi connectivity index (χ2n) is 11.3. The van der Waals surface area contributed by atoms with Crippen LogP contribution in [0.1, 0.15) is 50.8 Å². The van der Waals surface area contributed by atoms with Crippen LogP contribution < -0.4 is 5.32 Å². The van der Waals surface area contributed by atoms with E-state index in [4.69, 9.17) is 0 Å². The van der Waals surface area contributed by atoms with Crippen LogP contribution in [0.25, 0.3) is 0 Å². The van der Waals surface area contributed by atoms with E-state index in [0.717, 1.165) is 44.6 Å². The molecule has 0 spiro atoms. The van der Waals surface area contributed by atoms with Crippen LogP contribution >= 0.6 is 0 Å². The summed E-state index contributed by atoms with van der Waals surface area (Å²) in [6.45, 7) is 3.89. The number of rotatable bonds is 5. The van der Waals surface area contributed by atoms with E-state index in [-0.39, 0.29) is 36.0 Å². The fourth-order valence-corrected chi connectivity index (χ4v) is 7.36. The fourth-order valence-electron chi connectivity index (χ4n) is 7.36. The molecule has 198 valence electrons. The number of carbonyl (C=O) groups excluding carboxylic acids is 3. The summed E-state index contributed by atoms with van der Waals surface area (Å²) < 4.78 is 0. The van der Waals surface area contributed by atoms with Crippen molar-refractivity contribution in [3.05, 3.63) is 136 Å². The Balaban J connectivity index is 1.32. The van der Waals surface area contributed by atoms with E-state index in [1.807, 2.05) is 86.6 Å². The summed E-state index contributed by atoms with van der Waals surface area (Å²) in [6, 6.07) is 30.9. The first kappa shape index (κ1) is 24.5. The van der Waals surface area contributed by atoms with Crippen LogP contribution in [0, 0.1) is 25.7 Å². The number of nitrogens with one attached hydrogen (secondary N) is 1. The Kier molecular flexibility index (Phi) is 5.70. The van der Waals surface area contributed by atoms with E-state index in [1.165, 1.54) is 4.90 Å². The molecule has 0 aromatic heterocycles. The summed E-state index contributed by atoms with van der Waals surface area (Å²) in [5, 5.41) is 3.09. The largest absolute Gasteiger partial charge is 0.324 e. The van der Waals surface area contributed by atoms with Crippen molar-refractivity contribution in [1.82, 2.24) is 4.90 Å². The normalized spacial score (nSPS) is 22.9. The zero-order valence-electron chi connectivity index (χ0n) is 22.5. The second-order valence-corrected chi connectivity index (χ2v) is 11.3. The maximum atomic E-state index is 14.4. The van der Waals surface area contributed by atoms with Crippen molar-refractivity contribution in [2.45, 2.75) is 38.1 Å². The highest BCUT2D eigenvalue weighted by atomic mass is 16.2. The summed E-state index contributed by atoms with van der Waals surface area (Å²) in [5.74, 6) is -2.28. The molecule has 1 heterocycles. The molecule has 8 rings (SSSR count). The van der Waals surface area contributed by atoms with Gasteiger partial charge in [-0.05, 0) is 52.8 Å². The van der Waals surface area contributed by atoms with E-state index < -0.39 is 17.9 Å². The number of hydrogen-bond donors (Lipinski definition) is 1. The van der Waals surface area contributed by atoms with Crippen LogP contribution in [0.15, 0.2) is 97.1 Å². The minimum Gasteiger partial charge on any atom is -0.324 e. The molecule has 1 aliphatic heterocycles. The Labute approximate surface area is 233 Å². The van der Waals surface area contributed by atoms with Crippen LogP contribution in [-0.4, -0.2) is 28.7 Å². The molecule has 5 nitrogen and oxygen atoms in total. The highest BCUT2D eigenvalue weighted by Gasteiger charge is 2.63. The smallest absolute Gasteiger partial charge is 0.248 e. The van der Waals surface area contributed by atoms with Gasteiger partial charge in [0.2, 0.25) is 17.7 Å². The van der Waals surface area contributed by atoms with E-state index in [2.05, 4.69) is 29.6 Å². The van der Waals surface area contributed by atoms with Crippen LogP contribution in [0.3, 0.4) is 0 Å². The van der Waals surface area contributed by atoms with Gasteiger partial charge in [-0.25, -0.2) is 0 Å². The molecule has 3 aliphatic carbocycles. The highest BCUT2D eigenvalue weighted by Crippen LogP contribution is 2.61. The maximum absolute atomic E-state index is 14.4. The molecule has 1 saturated heterocycles. The number of imide groups is 1. The van der Waals surface area contributed by atoms with Crippen molar-refractivity contribution in [2.75, 3.05) is 5.32 Å². The van der Waals surface area contributed by atoms with Gasteiger partial charge in [0.15, 0.2) is 0 Å². The summed E-state index contributed by atoms with van der Waals surface area (Å²) >= 11 is 0. The quantitative estimate of drug-likeness (QED) is 0.337. The third-order valence-electron chi connectivity index (χ3n) is 9.10. The first-order valence-corrected chi connectivity index (χ1v) is 13.9. The monoisotopic (exact) mass is 526 g/mol. The van der Waals surface area contributed by atoms with E-state index in [0.29, 0.717) is 0 Å². The van der Waals surface area contributed by atoms with Crippen molar-refractivity contribution in [3.63, 3.8) is 0 Å². The minimum atomic E-state index is -0.961. The predicted molar refractivity (Wildman–Crippen MR) is 154 cm³/mol. The molecule has 3 atom stereocenters. The van der Waals surface area contributed by atoms with E-state index >= 15 is 0 Å². The van der Waals surface area contributed by atoms with Gasteiger partial charge in [-0.3, -0.25) is 19.3 Å². The number of benzene rings is 4. The molecule has 1 N–H and O–H groups in total. The fraction of sp³-hybridized carbons (Fsp3) is 0.229. The van der Waals surface area contributed by atoms with Crippen molar-refractivity contribution in [1.29, 1.82) is 0 Å². The van der Waals surface area contributed by atoms with Gasteiger partial charge in [0.05, 0.1) is 11.8 Å². The number of carbonyl (C=O) groups is 3. The standard InChI is InChI=1S/C35H30N2O3/c1-20-11-10-12-21(2)32(20)36-33(38)27(19-22-13-4-3-5-14-22)37-34(39)30-28-23-15-6-7-16-24(23)29(31(30)35(37)40)26-18-9-8-17-25(26)28/h3-18,27-31H,19H2,1-2H3,(H,36,38)/t27-,28?,29?,30-,31+/m0/s1. The number of para-hydroxylation sites is 1. The van der Waals surface area contributed by atoms with Crippen molar-refractivity contribution in [3.8, 4) is 0 Å². The van der Waals surface area contributed by atoms with Gasteiger partial charge in [-0.1, -0.05) is 97.1 Å². The van der Waals surface area contributed by atoms with Gasteiger partial charge in [-0.15, -0.1) is 0 Å². The molecule has 3 amide bonds. The molecule has 0 unspecified atom stereocenters. The average Bonchev–Trinajstić information content (AvgIpc) is 3.24. The molecule has 0 saturated carbocycles. The molecular weight excluding hydrogens is 496 g/mol. The Morgan fingerprint density at radius 2 is 1.12 bits per heavy atom. The molecule has 1 fully saturated rings. The lowest BCUT2D eigenvalue weighted by molar-refractivity contribution is -0.146. The molecule has 5 heteroatoms. The Hall–Kier alpha value is -4.51. The molecule has 4 aliphatic rings. The lowest BCUT2D eigenvalue weighted by Crippen LogP contribution is -2.49. The Bertz CT molecular complexity index is 1540. The van der Waals surface area contributed by atoms with Crippen LogP contribution in [0.4, 0.5) is 5.69 Å². The number of nitrogens with zero attached hydrogens (tertiary/aromatic N) is 1. The van der Waals surface area contributed by atoms with Gasteiger partial charge >= 0.3 is 0 Å². The summed E-state index contributed by atoms with van der Waals surface area (Å²) in [7, 11) is 0. The predicted octanol–water partition coefficient (Wildman–Crippen LogP) is 5.75. The maximum Gasteiger partial charge on any atom is 0.248 e. The number of aryl methyl sites for hydroxylation is 2. The average molecular weight is 527 g/mol. The zero-order chi connectivity index (χ0) is 27.5. The lowest BCUT2D eigenvalue weighted by Gasteiger charge is -2.45. The number of likely N-dealkylation sites (tertiary alicyclic amines) is 1. The highest BCUT2D eigenvalue weighted by molar-refractivity contribution is 6.12. The molecule has 2 bridgehead atoms. The third-order valence-corrected chi connectivity index (χ3v) is 9.10. The van der Waals surface area contributed by atoms with Crippen LogP contribution in [-0.2, 0) is 20.8 Å². The molecular formula is C35H30N2O3. The molecule has 40 heavy (non-hydrogen) atoms. The first-order valence-electron chi connectivity index (χ1n) is 13.9. The van der Waals surface area contributed by atoms with Gasteiger partial charge in [0, 0.05) is 23.9 Å². The van der Waals surface area contributed by atoms with Crippen molar-refractivity contribution < 1.29 is 14.4 Å². The summed E-state index contributed by atoms with van der Waals surface area (Å²) in [6.07, 6.45) is 0.254. The number of hydrogen-bond acceptors (Lipinski definition) is 3. The zero-order valence-corrected chi connectivity index (χ0v) is 22.5. The van der Waals surface area contributed by atoms with Gasteiger partial charge in [0.1, 0.15) is 6.04 Å². The third kappa shape index (κ3) is 3.57. The second kappa shape index (κ2) is 9.30. The van der Waals surface area contributed by atoms with Gasteiger partial charge < -0.3 is 5.32 Å². The Morgan fingerprint density at radius 3 is 1.60 bits per heavy atom. The molecule has 0 radical (unpaired) electrons. The number of amides is 3. The Morgan fingerprint density at radius 1 is 0.675 bits per heavy atom. The van der Waals surface area contributed by atoms with Gasteiger partial charge in [-0.2, -0.15) is 0 Å². The summed E-state index contributed by atoms with van der Waals surface area (Å²) in [5.41, 5.74) is 7.97. The van der Waals surface area contributed by atoms with Crippen molar-refractivity contribution >= 4 is 23.4 Å². The van der Waals surface area contributed by atoms with E-state index in [9.17, 15) is 14.4 Å². The molecule has 4 aromatic carbocycles. The van der Waals surface area contributed by atoms with Crippen LogP contribution in [0.2, 0.25) is 0 Å². The molecule has 4 aromatic rings. The lowest BCUT2D eigenvalue weighted by atomic mass is 9.55. The van der Waals surface area contributed by atoms with Crippen molar-refractivity contribution in [2.24, 2.45) is 11.8 Å². The minimum absolute atomic E-state index is 0.206.